The van der Waals surface area contributed by atoms with Crippen molar-refractivity contribution in [2.45, 2.75) is 50.5 Å². The smallest absolute Gasteiger partial charge is 0.326 e. The number of imidazole rings is 1. The van der Waals surface area contributed by atoms with Crippen molar-refractivity contribution in [3.8, 4) is 0 Å². The van der Waals surface area contributed by atoms with Gasteiger partial charge in [0, 0.05) is 38.5 Å². The Morgan fingerprint density at radius 1 is 1.12 bits per heavy atom. The molecular formula is C22H33ClN4O4S. The van der Waals surface area contributed by atoms with Crippen molar-refractivity contribution in [1.29, 1.82) is 0 Å². The Hall–Kier alpha value is -1.84. The number of carbonyl (C=O) groups is 1. The molecule has 1 amide bonds. The van der Waals surface area contributed by atoms with Crippen LogP contribution in [0.5, 0.6) is 0 Å². The number of amides is 1. The lowest BCUT2D eigenvalue weighted by atomic mass is 9.82. The summed E-state index contributed by atoms with van der Waals surface area (Å²) in [5.74, 6) is 0.200. The first-order valence-corrected chi connectivity index (χ1v) is 12.9. The van der Waals surface area contributed by atoms with Crippen LogP contribution in [0.4, 0.5) is 0 Å². The standard InChI is InChI=1S/C22H32N4O4S.ClH/c1-22(2)8-12-25(13-9-22)20(27)15-24-10-6-16(7-11-24)26-19-5-4-17(31(3,29)30)14-18(19)23-21(26)28;/h4-5,14,16H,6-13,15H2,1-3H3,(H,23,28);1H. The van der Waals surface area contributed by atoms with E-state index in [0.717, 1.165) is 63.6 Å². The number of hydrogen-bond acceptors (Lipinski definition) is 5. The minimum Gasteiger partial charge on any atom is -0.342 e. The monoisotopic (exact) mass is 484 g/mol. The summed E-state index contributed by atoms with van der Waals surface area (Å²) in [7, 11) is -3.33. The minimum atomic E-state index is -3.33. The van der Waals surface area contributed by atoms with E-state index in [2.05, 4.69) is 23.7 Å². The molecule has 1 N–H and O–H groups in total. The van der Waals surface area contributed by atoms with Crippen molar-refractivity contribution in [3.05, 3.63) is 28.7 Å². The molecular weight excluding hydrogens is 452 g/mol. The van der Waals surface area contributed by atoms with E-state index in [9.17, 15) is 18.0 Å². The number of rotatable bonds is 4. The van der Waals surface area contributed by atoms with Gasteiger partial charge in [-0.15, -0.1) is 12.4 Å². The Kier molecular flexibility index (Phi) is 7.12. The molecule has 178 valence electrons. The van der Waals surface area contributed by atoms with Crippen molar-refractivity contribution in [3.63, 3.8) is 0 Å². The Bertz CT molecular complexity index is 1140. The summed E-state index contributed by atoms with van der Waals surface area (Å²) < 4.78 is 25.4. The normalized spacial score (nSPS) is 20.3. The summed E-state index contributed by atoms with van der Waals surface area (Å²) in [6.07, 6.45) is 4.81. The number of hydrogen-bond donors (Lipinski definition) is 1. The number of benzene rings is 1. The number of nitrogens with one attached hydrogen (secondary N) is 1. The third-order valence-corrected chi connectivity index (χ3v) is 7.98. The number of likely N-dealkylation sites (tertiary alicyclic amines) is 2. The van der Waals surface area contributed by atoms with Gasteiger partial charge in [-0.2, -0.15) is 0 Å². The van der Waals surface area contributed by atoms with Crippen LogP contribution in [-0.2, 0) is 14.6 Å². The van der Waals surface area contributed by atoms with Gasteiger partial charge in [-0.1, -0.05) is 13.8 Å². The van der Waals surface area contributed by atoms with E-state index in [1.165, 1.54) is 6.07 Å². The molecule has 2 fully saturated rings. The lowest BCUT2D eigenvalue weighted by Crippen LogP contribution is -2.47. The highest BCUT2D eigenvalue weighted by Gasteiger charge is 2.30. The van der Waals surface area contributed by atoms with E-state index >= 15 is 0 Å². The molecule has 0 unspecified atom stereocenters. The van der Waals surface area contributed by atoms with Crippen molar-refractivity contribution in [1.82, 2.24) is 19.4 Å². The molecule has 8 nitrogen and oxygen atoms in total. The molecule has 2 saturated heterocycles. The number of fused-ring (bicyclic) bond motifs is 1. The molecule has 0 aliphatic carbocycles. The molecule has 2 aliphatic heterocycles. The van der Waals surface area contributed by atoms with Crippen LogP contribution in [0.25, 0.3) is 11.0 Å². The first-order valence-electron chi connectivity index (χ1n) is 11.0. The maximum atomic E-state index is 12.7. The van der Waals surface area contributed by atoms with Crippen LogP contribution < -0.4 is 5.69 Å². The molecule has 1 aromatic carbocycles. The summed E-state index contributed by atoms with van der Waals surface area (Å²) in [6.45, 7) is 8.15. The zero-order valence-electron chi connectivity index (χ0n) is 19.0. The van der Waals surface area contributed by atoms with Gasteiger partial charge in [0.1, 0.15) is 0 Å². The van der Waals surface area contributed by atoms with E-state index in [0.29, 0.717) is 17.5 Å². The summed E-state index contributed by atoms with van der Waals surface area (Å²) in [5, 5.41) is 0. The van der Waals surface area contributed by atoms with E-state index < -0.39 is 9.84 Å². The van der Waals surface area contributed by atoms with Gasteiger partial charge < -0.3 is 9.88 Å². The number of carbonyl (C=O) groups excluding carboxylic acids is 1. The molecule has 0 bridgehead atoms. The molecule has 0 spiro atoms. The first kappa shape index (κ1) is 24.8. The van der Waals surface area contributed by atoms with Gasteiger partial charge in [0.05, 0.1) is 22.5 Å². The summed E-state index contributed by atoms with van der Waals surface area (Å²) >= 11 is 0. The number of sulfone groups is 1. The van der Waals surface area contributed by atoms with Crippen molar-refractivity contribution in [2.24, 2.45) is 5.41 Å². The topological polar surface area (TPSA) is 95.5 Å². The second kappa shape index (κ2) is 9.19. The van der Waals surface area contributed by atoms with Gasteiger partial charge in [-0.05, 0) is 49.3 Å². The van der Waals surface area contributed by atoms with Gasteiger partial charge in [0.2, 0.25) is 5.91 Å². The molecule has 1 aromatic heterocycles. The van der Waals surface area contributed by atoms with Crippen molar-refractivity contribution >= 4 is 39.2 Å². The Morgan fingerprint density at radius 3 is 2.34 bits per heavy atom. The molecule has 0 saturated carbocycles. The predicted octanol–water partition coefficient (Wildman–Crippen LogP) is 2.44. The highest BCUT2D eigenvalue weighted by Crippen LogP contribution is 2.30. The molecule has 0 radical (unpaired) electrons. The number of H-pyrrole nitrogens is 1. The van der Waals surface area contributed by atoms with Crippen molar-refractivity contribution < 1.29 is 13.2 Å². The quantitative estimate of drug-likeness (QED) is 0.719. The van der Waals surface area contributed by atoms with Gasteiger partial charge in [0.25, 0.3) is 0 Å². The fourth-order valence-electron chi connectivity index (χ4n) is 4.69. The highest BCUT2D eigenvalue weighted by molar-refractivity contribution is 7.90. The Labute approximate surface area is 195 Å². The Balaban J connectivity index is 0.00000289. The van der Waals surface area contributed by atoms with Gasteiger partial charge in [0.15, 0.2) is 9.84 Å². The van der Waals surface area contributed by atoms with Crippen molar-refractivity contribution in [2.75, 3.05) is 39.0 Å². The number of piperidine rings is 2. The average Bonchev–Trinajstić information content (AvgIpc) is 3.02. The van der Waals surface area contributed by atoms with Gasteiger partial charge in [-0.25, -0.2) is 13.2 Å². The largest absolute Gasteiger partial charge is 0.342 e. The highest BCUT2D eigenvalue weighted by atomic mass is 35.5. The van der Waals surface area contributed by atoms with E-state index in [1.54, 1.807) is 16.7 Å². The fourth-order valence-corrected chi connectivity index (χ4v) is 5.34. The third-order valence-electron chi connectivity index (χ3n) is 6.87. The van der Waals surface area contributed by atoms with Crippen LogP contribution in [0.2, 0.25) is 0 Å². The van der Waals surface area contributed by atoms with Gasteiger partial charge >= 0.3 is 5.69 Å². The summed E-state index contributed by atoms with van der Waals surface area (Å²) in [6, 6.07) is 4.82. The zero-order valence-corrected chi connectivity index (χ0v) is 20.6. The van der Waals surface area contributed by atoms with Crippen LogP contribution in [0.3, 0.4) is 0 Å². The second-order valence-corrected chi connectivity index (χ2v) is 11.8. The zero-order chi connectivity index (χ0) is 22.4. The SMILES string of the molecule is CC1(C)CCN(C(=O)CN2CCC(n3c(=O)[nH]c4cc(S(C)(=O)=O)ccc43)CC2)CC1.Cl. The predicted molar refractivity (Wildman–Crippen MR) is 127 cm³/mol. The van der Waals surface area contributed by atoms with Crippen LogP contribution in [-0.4, -0.2) is 72.7 Å². The lowest BCUT2D eigenvalue weighted by Gasteiger charge is -2.38. The molecule has 3 heterocycles. The minimum absolute atomic E-state index is 0. The lowest BCUT2D eigenvalue weighted by molar-refractivity contribution is -0.134. The van der Waals surface area contributed by atoms with E-state index in [1.807, 2.05) is 4.90 Å². The van der Waals surface area contributed by atoms with E-state index in [-0.39, 0.29) is 34.9 Å². The van der Waals surface area contributed by atoms with E-state index in [4.69, 9.17) is 0 Å². The summed E-state index contributed by atoms with van der Waals surface area (Å²) in [5.41, 5.74) is 1.37. The summed E-state index contributed by atoms with van der Waals surface area (Å²) in [4.78, 5) is 32.5. The molecule has 10 heteroatoms. The van der Waals surface area contributed by atoms with Crippen LogP contribution in [0.15, 0.2) is 27.9 Å². The molecule has 2 aromatic rings. The number of aromatic nitrogens is 2. The van der Waals surface area contributed by atoms with Crippen LogP contribution in [0, 0.1) is 5.41 Å². The van der Waals surface area contributed by atoms with Gasteiger partial charge in [-0.3, -0.25) is 14.3 Å². The Morgan fingerprint density at radius 2 is 1.75 bits per heavy atom. The first-order chi connectivity index (χ1) is 14.5. The molecule has 0 atom stereocenters. The molecule has 4 rings (SSSR count). The number of aromatic amines is 1. The molecule has 32 heavy (non-hydrogen) atoms. The fraction of sp³-hybridized carbons (Fsp3) is 0.636. The average molecular weight is 485 g/mol. The number of halogens is 1. The maximum absolute atomic E-state index is 12.7. The third kappa shape index (κ3) is 5.21. The molecule has 2 aliphatic rings. The number of nitrogens with zero attached hydrogens (tertiary/aromatic N) is 3. The second-order valence-electron chi connectivity index (χ2n) is 9.80. The van der Waals surface area contributed by atoms with Crippen LogP contribution >= 0.6 is 12.4 Å². The maximum Gasteiger partial charge on any atom is 0.326 e. The van der Waals surface area contributed by atoms with Crippen LogP contribution in [0.1, 0.15) is 45.6 Å².